The summed E-state index contributed by atoms with van der Waals surface area (Å²) in [5, 5.41) is 0. The van der Waals surface area contributed by atoms with E-state index in [9.17, 15) is 9.18 Å². The van der Waals surface area contributed by atoms with E-state index < -0.39 is 0 Å². The number of halogens is 1. The molecule has 0 saturated carbocycles. The molecule has 0 radical (unpaired) electrons. The molecule has 1 atom stereocenters. The van der Waals surface area contributed by atoms with E-state index in [0.717, 1.165) is 6.42 Å². The van der Waals surface area contributed by atoms with E-state index >= 15 is 0 Å². The van der Waals surface area contributed by atoms with E-state index in [1.54, 1.807) is 24.0 Å². The summed E-state index contributed by atoms with van der Waals surface area (Å²) in [6.07, 6.45) is 0.897. The number of carbonyl (C=O) groups is 1. The molecule has 18 heavy (non-hydrogen) atoms. The highest BCUT2D eigenvalue weighted by molar-refractivity contribution is 5.94. The Bertz CT molecular complexity index is 447. The lowest BCUT2D eigenvalue weighted by molar-refractivity contribution is 0.0562. The molecule has 0 bridgehead atoms. The van der Waals surface area contributed by atoms with Crippen molar-refractivity contribution in [2.75, 3.05) is 19.7 Å². The van der Waals surface area contributed by atoms with Crippen molar-refractivity contribution in [2.45, 2.75) is 26.4 Å². The maximum Gasteiger partial charge on any atom is 0.253 e. The molecule has 2 rings (SSSR count). The van der Waals surface area contributed by atoms with Crippen LogP contribution in [-0.2, 0) is 4.74 Å². The monoisotopic (exact) mass is 251 g/mol. The Labute approximate surface area is 107 Å². The second-order valence-corrected chi connectivity index (χ2v) is 4.75. The fourth-order valence-electron chi connectivity index (χ4n) is 2.14. The van der Waals surface area contributed by atoms with Gasteiger partial charge in [0, 0.05) is 25.3 Å². The van der Waals surface area contributed by atoms with E-state index in [1.807, 2.05) is 6.92 Å². The van der Waals surface area contributed by atoms with Crippen molar-refractivity contribution >= 4 is 5.91 Å². The number of rotatable bonds is 1. The van der Waals surface area contributed by atoms with Crippen molar-refractivity contribution in [2.24, 2.45) is 0 Å². The molecule has 3 nitrogen and oxygen atoms in total. The quantitative estimate of drug-likeness (QED) is 0.767. The zero-order valence-electron chi connectivity index (χ0n) is 10.8. The first kappa shape index (κ1) is 13.0. The summed E-state index contributed by atoms with van der Waals surface area (Å²) >= 11 is 0. The second kappa shape index (κ2) is 5.48. The van der Waals surface area contributed by atoms with Crippen LogP contribution in [0, 0.1) is 12.7 Å². The normalized spacial score (nSPS) is 20.6. The van der Waals surface area contributed by atoms with Gasteiger partial charge in [-0.25, -0.2) is 4.39 Å². The summed E-state index contributed by atoms with van der Waals surface area (Å²) in [7, 11) is 0. The topological polar surface area (TPSA) is 29.5 Å². The molecule has 1 aromatic carbocycles. The van der Waals surface area contributed by atoms with Gasteiger partial charge < -0.3 is 9.64 Å². The van der Waals surface area contributed by atoms with Crippen LogP contribution in [0.1, 0.15) is 29.3 Å². The third kappa shape index (κ3) is 2.88. The maximum atomic E-state index is 13.2. The molecule has 0 N–H and O–H groups in total. The third-order valence-corrected chi connectivity index (χ3v) is 3.14. The maximum absolute atomic E-state index is 13.2. The lowest BCUT2D eigenvalue weighted by Gasteiger charge is -2.22. The highest BCUT2D eigenvalue weighted by Gasteiger charge is 2.21. The van der Waals surface area contributed by atoms with E-state index in [-0.39, 0.29) is 17.8 Å². The van der Waals surface area contributed by atoms with Gasteiger partial charge in [0.15, 0.2) is 0 Å². The zero-order chi connectivity index (χ0) is 13.1. The first-order chi connectivity index (χ1) is 8.58. The van der Waals surface area contributed by atoms with Gasteiger partial charge in [0.05, 0.1) is 6.10 Å². The van der Waals surface area contributed by atoms with Gasteiger partial charge >= 0.3 is 0 Å². The van der Waals surface area contributed by atoms with Gasteiger partial charge in [0.2, 0.25) is 0 Å². The van der Waals surface area contributed by atoms with Gasteiger partial charge in [-0.15, -0.1) is 0 Å². The molecular weight excluding hydrogens is 233 g/mol. The fourth-order valence-corrected chi connectivity index (χ4v) is 2.14. The lowest BCUT2D eigenvalue weighted by Crippen LogP contribution is -2.35. The number of carbonyl (C=O) groups excluding carboxylic acids is 1. The highest BCUT2D eigenvalue weighted by atomic mass is 19.1. The largest absolute Gasteiger partial charge is 0.377 e. The van der Waals surface area contributed by atoms with Crippen LogP contribution >= 0.6 is 0 Å². The Kier molecular flexibility index (Phi) is 3.97. The lowest BCUT2D eigenvalue weighted by atomic mass is 10.1. The minimum atomic E-state index is -0.279. The van der Waals surface area contributed by atoms with Gasteiger partial charge in [-0.3, -0.25) is 4.79 Å². The van der Waals surface area contributed by atoms with Crippen LogP contribution < -0.4 is 0 Å². The standard InChI is InChI=1S/C14H18FNO2/c1-10-8-12(4-5-13(10)15)14(17)16-6-3-7-18-11(2)9-16/h4-5,8,11H,3,6-7,9H2,1-2H3. The minimum Gasteiger partial charge on any atom is -0.377 e. The second-order valence-electron chi connectivity index (χ2n) is 4.75. The van der Waals surface area contributed by atoms with Crippen molar-refractivity contribution < 1.29 is 13.9 Å². The Morgan fingerprint density at radius 2 is 2.28 bits per heavy atom. The van der Waals surface area contributed by atoms with Gasteiger partial charge in [-0.1, -0.05) is 0 Å². The molecular formula is C14H18FNO2. The van der Waals surface area contributed by atoms with Crippen LogP contribution in [0.25, 0.3) is 0 Å². The van der Waals surface area contributed by atoms with Crippen molar-refractivity contribution in [1.29, 1.82) is 0 Å². The summed E-state index contributed by atoms with van der Waals surface area (Å²) in [5.41, 5.74) is 1.04. The summed E-state index contributed by atoms with van der Waals surface area (Å²) in [5.74, 6) is -0.324. The van der Waals surface area contributed by atoms with Crippen LogP contribution in [-0.4, -0.2) is 36.6 Å². The Hall–Kier alpha value is -1.42. The molecule has 98 valence electrons. The Balaban J connectivity index is 2.16. The molecule has 1 fully saturated rings. The summed E-state index contributed by atoms with van der Waals surface area (Å²) in [6.45, 7) is 5.60. The first-order valence-corrected chi connectivity index (χ1v) is 6.25. The van der Waals surface area contributed by atoms with Crippen LogP contribution in [0.2, 0.25) is 0 Å². The average Bonchev–Trinajstić information content (AvgIpc) is 2.56. The van der Waals surface area contributed by atoms with Crippen LogP contribution in [0.3, 0.4) is 0 Å². The van der Waals surface area contributed by atoms with E-state index in [0.29, 0.717) is 30.8 Å². The van der Waals surface area contributed by atoms with Crippen LogP contribution in [0.4, 0.5) is 4.39 Å². The number of aryl methyl sites for hydroxylation is 1. The first-order valence-electron chi connectivity index (χ1n) is 6.25. The van der Waals surface area contributed by atoms with Gasteiger partial charge in [-0.2, -0.15) is 0 Å². The molecule has 0 spiro atoms. The molecule has 1 heterocycles. The number of hydrogen-bond donors (Lipinski definition) is 0. The molecule has 1 unspecified atom stereocenters. The summed E-state index contributed by atoms with van der Waals surface area (Å²) in [4.78, 5) is 14.1. The van der Waals surface area contributed by atoms with Gasteiger partial charge in [0.1, 0.15) is 5.82 Å². The average molecular weight is 251 g/mol. The molecule has 1 saturated heterocycles. The number of amides is 1. The molecule has 1 aliphatic rings. The van der Waals surface area contributed by atoms with Gasteiger partial charge in [-0.05, 0) is 44.0 Å². The SMILES string of the molecule is Cc1cc(C(=O)N2CCCOC(C)C2)ccc1F. The van der Waals surface area contributed by atoms with E-state index in [4.69, 9.17) is 4.74 Å². The molecule has 1 aliphatic heterocycles. The Morgan fingerprint density at radius 3 is 3.00 bits per heavy atom. The predicted octanol–water partition coefficient (Wildman–Crippen LogP) is 2.39. The van der Waals surface area contributed by atoms with Crippen molar-refractivity contribution in [3.63, 3.8) is 0 Å². The van der Waals surface area contributed by atoms with E-state index in [2.05, 4.69) is 0 Å². The third-order valence-electron chi connectivity index (χ3n) is 3.14. The predicted molar refractivity (Wildman–Crippen MR) is 67.1 cm³/mol. The fraction of sp³-hybridized carbons (Fsp3) is 0.500. The number of benzene rings is 1. The molecule has 1 aromatic rings. The van der Waals surface area contributed by atoms with Crippen LogP contribution in [0.15, 0.2) is 18.2 Å². The smallest absolute Gasteiger partial charge is 0.253 e. The van der Waals surface area contributed by atoms with Crippen molar-refractivity contribution in [3.8, 4) is 0 Å². The van der Waals surface area contributed by atoms with E-state index in [1.165, 1.54) is 6.07 Å². The zero-order valence-corrected chi connectivity index (χ0v) is 10.8. The number of hydrogen-bond acceptors (Lipinski definition) is 2. The highest BCUT2D eigenvalue weighted by Crippen LogP contribution is 2.14. The molecule has 1 amide bonds. The van der Waals surface area contributed by atoms with Crippen molar-refractivity contribution in [3.05, 3.63) is 35.1 Å². The minimum absolute atomic E-state index is 0.0459. The van der Waals surface area contributed by atoms with Crippen LogP contribution in [0.5, 0.6) is 0 Å². The summed E-state index contributed by atoms with van der Waals surface area (Å²) in [6, 6.07) is 4.50. The molecule has 0 aromatic heterocycles. The van der Waals surface area contributed by atoms with Gasteiger partial charge in [0.25, 0.3) is 5.91 Å². The number of nitrogens with zero attached hydrogens (tertiary/aromatic N) is 1. The Morgan fingerprint density at radius 1 is 1.50 bits per heavy atom. The van der Waals surface area contributed by atoms with Crippen molar-refractivity contribution in [1.82, 2.24) is 4.90 Å². The number of ether oxygens (including phenoxy) is 1. The molecule has 4 heteroatoms. The molecule has 0 aliphatic carbocycles. The summed E-state index contributed by atoms with van der Waals surface area (Å²) < 4.78 is 18.7.